The zero-order chi connectivity index (χ0) is 14.5. The Morgan fingerprint density at radius 3 is 2.80 bits per heavy atom. The van der Waals surface area contributed by atoms with E-state index in [2.05, 4.69) is 0 Å². The molecule has 0 aliphatic carbocycles. The molecule has 5 heteroatoms. The lowest BCUT2D eigenvalue weighted by atomic mass is 10.1. The fourth-order valence-electron chi connectivity index (χ4n) is 1.67. The molecule has 100 valence electrons. The van der Waals surface area contributed by atoms with Crippen molar-refractivity contribution in [1.82, 2.24) is 0 Å². The van der Waals surface area contributed by atoms with E-state index >= 15 is 0 Å². The van der Waals surface area contributed by atoms with Gasteiger partial charge in [0.25, 0.3) is 0 Å². The monoisotopic (exact) mass is 271 g/mol. The van der Waals surface area contributed by atoms with E-state index in [0.29, 0.717) is 5.56 Å². The van der Waals surface area contributed by atoms with Gasteiger partial charge in [-0.2, -0.15) is 5.26 Å². The van der Waals surface area contributed by atoms with Gasteiger partial charge in [-0.05, 0) is 29.8 Å². The van der Waals surface area contributed by atoms with Crippen molar-refractivity contribution in [3.05, 3.63) is 65.0 Å². The van der Waals surface area contributed by atoms with Crippen LogP contribution in [0, 0.1) is 17.1 Å². The Labute approximate surface area is 114 Å². The lowest BCUT2D eigenvalue weighted by molar-refractivity contribution is 0.0695. The summed E-state index contributed by atoms with van der Waals surface area (Å²) in [5, 5.41) is 17.6. The summed E-state index contributed by atoms with van der Waals surface area (Å²) >= 11 is 0. The summed E-state index contributed by atoms with van der Waals surface area (Å²) in [5.41, 5.74) is 1.06. The van der Waals surface area contributed by atoms with Crippen LogP contribution < -0.4 is 4.74 Å². The number of aromatic carboxylic acids is 1. The molecule has 0 amide bonds. The number of benzene rings is 2. The van der Waals surface area contributed by atoms with Gasteiger partial charge in [-0.25, -0.2) is 9.18 Å². The molecule has 0 saturated carbocycles. The van der Waals surface area contributed by atoms with E-state index < -0.39 is 11.8 Å². The standard InChI is InChI=1S/C15H10FNO3/c16-13-5-12(15(18)19)6-14(7-13)20-9-11-3-1-2-10(4-11)8-17/h1-7H,9H2,(H,18,19). The molecule has 20 heavy (non-hydrogen) atoms. The zero-order valence-corrected chi connectivity index (χ0v) is 10.3. The first-order valence-corrected chi connectivity index (χ1v) is 5.74. The zero-order valence-electron chi connectivity index (χ0n) is 10.3. The van der Waals surface area contributed by atoms with Crippen molar-refractivity contribution in [3.63, 3.8) is 0 Å². The highest BCUT2D eigenvalue weighted by Gasteiger charge is 2.08. The fourth-order valence-corrected chi connectivity index (χ4v) is 1.67. The predicted molar refractivity (Wildman–Crippen MR) is 68.8 cm³/mol. The third-order valence-electron chi connectivity index (χ3n) is 2.58. The topological polar surface area (TPSA) is 70.3 Å². The number of carboxylic acid groups (broad SMARTS) is 1. The van der Waals surface area contributed by atoms with Crippen molar-refractivity contribution < 1.29 is 19.0 Å². The number of rotatable bonds is 4. The van der Waals surface area contributed by atoms with E-state index in [-0.39, 0.29) is 17.9 Å². The van der Waals surface area contributed by atoms with Gasteiger partial charge in [0.1, 0.15) is 18.2 Å². The van der Waals surface area contributed by atoms with Crippen LogP contribution in [0.15, 0.2) is 42.5 Å². The number of ether oxygens (including phenoxy) is 1. The van der Waals surface area contributed by atoms with Gasteiger partial charge in [0.15, 0.2) is 0 Å². The number of carbonyl (C=O) groups is 1. The third-order valence-corrected chi connectivity index (χ3v) is 2.58. The van der Waals surface area contributed by atoms with Gasteiger partial charge in [-0.15, -0.1) is 0 Å². The van der Waals surface area contributed by atoms with Crippen molar-refractivity contribution in [2.45, 2.75) is 6.61 Å². The largest absolute Gasteiger partial charge is 0.489 e. The maximum absolute atomic E-state index is 13.2. The van der Waals surface area contributed by atoms with Crippen molar-refractivity contribution in [2.75, 3.05) is 0 Å². The second-order valence-corrected chi connectivity index (χ2v) is 4.08. The highest BCUT2D eigenvalue weighted by molar-refractivity contribution is 5.88. The molecule has 0 bridgehead atoms. The molecule has 0 heterocycles. The highest BCUT2D eigenvalue weighted by atomic mass is 19.1. The second-order valence-electron chi connectivity index (χ2n) is 4.08. The first-order valence-electron chi connectivity index (χ1n) is 5.74. The maximum Gasteiger partial charge on any atom is 0.335 e. The Hall–Kier alpha value is -2.87. The predicted octanol–water partition coefficient (Wildman–Crippen LogP) is 2.97. The molecule has 0 unspecified atom stereocenters. The van der Waals surface area contributed by atoms with Crippen LogP contribution in [0.2, 0.25) is 0 Å². The van der Waals surface area contributed by atoms with Crippen molar-refractivity contribution in [2.24, 2.45) is 0 Å². The molecule has 2 rings (SSSR count). The van der Waals surface area contributed by atoms with Gasteiger partial charge in [-0.1, -0.05) is 12.1 Å². The molecular formula is C15H10FNO3. The van der Waals surface area contributed by atoms with Crippen molar-refractivity contribution >= 4 is 5.97 Å². The van der Waals surface area contributed by atoms with Gasteiger partial charge in [0.2, 0.25) is 0 Å². The van der Waals surface area contributed by atoms with E-state index in [9.17, 15) is 9.18 Å². The Bertz CT molecular complexity index is 692. The van der Waals surface area contributed by atoms with Crippen LogP contribution in [0.25, 0.3) is 0 Å². The second kappa shape index (κ2) is 5.85. The molecule has 0 aliphatic heterocycles. The van der Waals surface area contributed by atoms with E-state index in [1.54, 1.807) is 24.3 Å². The number of hydrogen-bond donors (Lipinski definition) is 1. The minimum atomic E-state index is -1.22. The van der Waals surface area contributed by atoms with Gasteiger partial charge < -0.3 is 9.84 Å². The Kier molecular flexibility index (Phi) is 3.96. The summed E-state index contributed by atoms with van der Waals surface area (Å²) in [6.45, 7) is 0.123. The number of halogens is 1. The smallest absolute Gasteiger partial charge is 0.335 e. The Balaban J connectivity index is 2.14. The molecular weight excluding hydrogens is 261 g/mol. The maximum atomic E-state index is 13.2. The molecule has 0 spiro atoms. The minimum Gasteiger partial charge on any atom is -0.489 e. The van der Waals surface area contributed by atoms with E-state index in [1.165, 1.54) is 6.07 Å². The van der Waals surface area contributed by atoms with Crippen LogP contribution in [0.3, 0.4) is 0 Å². The van der Waals surface area contributed by atoms with E-state index in [1.807, 2.05) is 6.07 Å². The molecule has 0 atom stereocenters. The summed E-state index contributed by atoms with van der Waals surface area (Å²) in [4.78, 5) is 10.8. The SMILES string of the molecule is N#Cc1cccc(COc2cc(F)cc(C(=O)O)c2)c1. The van der Waals surface area contributed by atoms with Crippen LogP contribution >= 0.6 is 0 Å². The van der Waals surface area contributed by atoms with Crippen LogP contribution in [-0.4, -0.2) is 11.1 Å². The number of nitrogens with zero attached hydrogens (tertiary/aromatic N) is 1. The average Bonchev–Trinajstić information content (AvgIpc) is 2.44. The molecule has 2 aromatic carbocycles. The first-order chi connectivity index (χ1) is 9.58. The summed E-state index contributed by atoms with van der Waals surface area (Å²) in [6, 6.07) is 12.1. The molecule has 0 aromatic heterocycles. The first kappa shape index (κ1) is 13.6. The lowest BCUT2D eigenvalue weighted by Crippen LogP contribution is -2.00. The summed E-state index contributed by atoms with van der Waals surface area (Å²) in [5.74, 6) is -1.77. The van der Waals surface area contributed by atoms with Crippen LogP contribution in [0.4, 0.5) is 4.39 Å². The van der Waals surface area contributed by atoms with E-state index in [4.69, 9.17) is 15.1 Å². The summed E-state index contributed by atoms with van der Waals surface area (Å²) < 4.78 is 18.6. The van der Waals surface area contributed by atoms with Gasteiger partial charge in [-0.3, -0.25) is 0 Å². The molecule has 1 N–H and O–H groups in total. The minimum absolute atomic E-state index is 0.123. The molecule has 0 saturated heterocycles. The number of hydrogen-bond acceptors (Lipinski definition) is 3. The molecule has 0 radical (unpaired) electrons. The van der Waals surface area contributed by atoms with Gasteiger partial charge in [0, 0.05) is 6.07 Å². The number of nitriles is 1. The summed E-state index contributed by atoms with van der Waals surface area (Å²) in [7, 11) is 0. The highest BCUT2D eigenvalue weighted by Crippen LogP contribution is 2.18. The molecule has 0 fully saturated rings. The van der Waals surface area contributed by atoms with Gasteiger partial charge >= 0.3 is 5.97 Å². The lowest BCUT2D eigenvalue weighted by Gasteiger charge is -2.07. The summed E-state index contributed by atoms with van der Waals surface area (Å²) in [6.07, 6.45) is 0. The van der Waals surface area contributed by atoms with Crippen molar-refractivity contribution in [1.29, 1.82) is 5.26 Å². The normalized spacial score (nSPS) is 9.80. The van der Waals surface area contributed by atoms with Crippen molar-refractivity contribution in [3.8, 4) is 11.8 Å². The molecule has 0 aliphatic rings. The fraction of sp³-hybridized carbons (Fsp3) is 0.0667. The van der Waals surface area contributed by atoms with Gasteiger partial charge in [0.05, 0.1) is 17.2 Å². The number of carboxylic acids is 1. The molecule has 2 aromatic rings. The van der Waals surface area contributed by atoms with Crippen LogP contribution in [-0.2, 0) is 6.61 Å². The Morgan fingerprint density at radius 2 is 2.10 bits per heavy atom. The van der Waals surface area contributed by atoms with E-state index in [0.717, 1.165) is 17.7 Å². The molecule has 4 nitrogen and oxygen atoms in total. The van der Waals surface area contributed by atoms with Crippen LogP contribution in [0.1, 0.15) is 21.5 Å². The third kappa shape index (κ3) is 3.33. The quantitative estimate of drug-likeness (QED) is 0.928. The average molecular weight is 271 g/mol. The Morgan fingerprint density at radius 1 is 1.30 bits per heavy atom. The van der Waals surface area contributed by atoms with Crippen LogP contribution in [0.5, 0.6) is 5.75 Å².